The largest absolute Gasteiger partial charge is 0.417 e. The first-order chi connectivity index (χ1) is 38.7. The fourth-order valence-electron chi connectivity index (χ4n) is 10.4. The average molecular weight is 1160 g/mol. The number of aromatic nitrogens is 3. The molecule has 0 saturated carbocycles. The summed E-state index contributed by atoms with van der Waals surface area (Å²) >= 11 is 1.54. The number of alkyl halides is 3. The average Bonchev–Trinajstić information content (AvgIpc) is 4.10. The molecule has 25 heteroatoms. The Kier molecular flexibility index (Phi) is 18.5. The highest BCUT2D eigenvalue weighted by Gasteiger charge is 2.45. The number of pyridine rings is 2. The van der Waals surface area contributed by atoms with Crippen LogP contribution in [0.15, 0.2) is 77.3 Å². The first kappa shape index (κ1) is 60.3. The lowest BCUT2D eigenvalue weighted by atomic mass is 9.85. The Morgan fingerprint density at radius 2 is 1.54 bits per heavy atom. The molecule has 3 fully saturated rings. The van der Waals surface area contributed by atoms with Gasteiger partial charge in [0.05, 0.1) is 51.2 Å². The third-order valence-electron chi connectivity index (χ3n) is 15.2. The van der Waals surface area contributed by atoms with Crippen LogP contribution < -0.4 is 36.6 Å². The number of H-pyrrole nitrogens is 1. The number of halogens is 4. The molecule has 3 aliphatic heterocycles. The first-order valence-corrected chi connectivity index (χ1v) is 27.9. The summed E-state index contributed by atoms with van der Waals surface area (Å²) in [6, 6.07) is 11.8. The fourth-order valence-corrected chi connectivity index (χ4v) is 11.2. The molecule has 6 heterocycles. The number of amides is 6. The van der Waals surface area contributed by atoms with E-state index in [1.165, 1.54) is 34.6 Å². The topological polar surface area (TPSA) is 246 Å². The van der Waals surface area contributed by atoms with Gasteiger partial charge >= 0.3 is 6.18 Å². The number of benzene rings is 2. The molecule has 1 unspecified atom stereocenters. The molecule has 20 nitrogen and oxygen atoms in total. The predicted molar refractivity (Wildman–Crippen MR) is 301 cm³/mol. The van der Waals surface area contributed by atoms with Gasteiger partial charge in [-0.25, -0.2) is 14.4 Å². The third-order valence-corrected chi connectivity index (χ3v) is 16.2. The number of aryl methyl sites for hydroxylation is 1. The van der Waals surface area contributed by atoms with Gasteiger partial charge in [0.1, 0.15) is 23.7 Å². The highest BCUT2D eigenvalue weighted by molar-refractivity contribution is 7.13. The van der Waals surface area contributed by atoms with Crippen LogP contribution in [0.25, 0.3) is 21.6 Å². The molecular weight excluding hydrogens is 1090 g/mol. The van der Waals surface area contributed by atoms with Crippen LogP contribution in [0.3, 0.4) is 0 Å². The predicted octanol–water partition coefficient (Wildman–Crippen LogP) is 5.16. The number of anilines is 3. The molecule has 3 aliphatic rings. The van der Waals surface area contributed by atoms with E-state index in [0.717, 1.165) is 21.7 Å². The summed E-state index contributed by atoms with van der Waals surface area (Å²) in [6.07, 6.45) is -4.19. The van der Waals surface area contributed by atoms with Gasteiger partial charge in [0.15, 0.2) is 0 Å². The monoisotopic (exact) mass is 1160 g/mol. The number of carbonyl (C=O) groups is 6. The van der Waals surface area contributed by atoms with Crippen molar-refractivity contribution in [1.29, 1.82) is 0 Å². The number of aliphatic hydroxyl groups is 1. The van der Waals surface area contributed by atoms with Crippen LogP contribution >= 0.6 is 11.3 Å². The molecule has 3 aromatic heterocycles. The molecule has 6 amide bonds. The number of hydrogen-bond donors (Lipinski definition) is 6. The number of rotatable bonds is 16. The van der Waals surface area contributed by atoms with Crippen molar-refractivity contribution in [2.24, 2.45) is 5.41 Å². The number of piperazine rings is 2. The van der Waals surface area contributed by atoms with E-state index in [2.05, 4.69) is 41.1 Å². The molecule has 8 rings (SSSR count). The van der Waals surface area contributed by atoms with Gasteiger partial charge in [0, 0.05) is 113 Å². The van der Waals surface area contributed by atoms with Crippen LogP contribution in [0.5, 0.6) is 0 Å². The van der Waals surface area contributed by atoms with Gasteiger partial charge in [-0.15, -0.1) is 11.3 Å². The molecule has 0 aliphatic carbocycles. The van der Waals surface area contributed by atoms with Crippen LogP contribution in [0.1, 0.15) is 81.1 Å². The first-order valence-electron chi connectivity index (χ1n) is 27.0. The van der Waals surface area contributed by atoms with Crippen LogP contribution in [0.4, 0.5) is 34.8 Å². The van der Waals surface area contributed by atoms with E-state index in [-0.39, 0.29) is 67.3 Å². The van der Waals surface area contributed by atoms with Crippen molar-refractivity contribution in [3.8, 4) is 21.6 Å². The number of thiazole rings is 1. The zero-order valence-electron chi connectivity index (χ0n) is 46.7. The zero-order chi connectivity index (χ0) is 59.4. The van der Waals surface area contributed by atoms with Crippen molar-refractivity contribution in [2.75, 3.05) is 74.5 Å². The minimum absolute atomic E-state index is 0.00970. The Bertz CT molecular complexity index is 3220. The quantitative estimate of drug-likeness (QED) is 0.0701. The maximum atomic E-state index is 16.2. The van der Waals surface area contributed by atoms with E-state index in [1.807, 2.05) is 61.9 Å². The molecule has 0 spiro atoms. The molecule has 2 aromatic carbocycles. The van der Waals surface area contributed by atoms with E-state index < -0.39 is 88.4 Å². The van der Waals surface area contributed by atoms with E-state index in [1.54, 1.807) is 43.3 Å². The standard InChI is InChI=1S/C57H68F4N12O8S/c1-32-28-72(29-33(2)69(32)7)44-23-42(58)39(21-43(44)67-53(79)40-26-63-48(76)22-41(40)57(59,60)61)37-12-13-46(62-25-37)70-16-18-71(19-17-70)50(78)15-14-47(75)64-27-49(77)68-52(56(4,5)6)55(81)73-30-38(74)20-45(73)54(80)65-24-35-8-10-36(11-9-35)51-34(3)66-31-82-51/h8-13,21-23,25-26,31-33,38,45,52,74H,14-20,24,27-30H2,1-7H3,(H,63,76)(H,64,75)(H,65,80)(H,67,79)(H,68,77)/t32-,33+,38-,45+,52?/m1/s1. The maximum absolute atomic E-state index is 16.2. The summed E-state index contributed by atoms with van der Waals surface area (Å²) in [5, 5.41) is 21.3. The number of nitrogens with zero attached hydrogens (tertiary/aromatic N) is 7. The lowest BCUT2D eigenvalue weighted by molar-refractivity contribution is -0.144. The van der Waals surface area contributed by atoms with Crippen molar-refractivity contribution in [2.45, 2.75) is 104 Å². The normalized spacial score (nSPS) is 19.2. The molecule has 0 radical (unpaired) electrons. The third kappa shape index (κ3) is 14.3. The Morgan fingerprint density at radius 1 is 0.854 bits per heavy atom. The van der Waals surface area contributed by atoms with E-state index in [4.69, 9.17) is 0 Å². The second-order valence-electron chi connectivity index (χ2n) is 22.2. The maximum Gasteiger partial charge on any atom is 0.417 e. The van der Waals surface area contributed by atoms with Gasteiger partial charge in [0.2, 0.25) is 35.1 Å². The van der Waals surface area contributed by atoms with Gasteiger partial charge in [0.25, 0.3) is 5.91 Å². The van der Waals surface area contributed by atoms with Crippen molar-refractivity contribution >= 4 is 64.0 Å². The summed E-state index contributed by atoms with van der Waals surface area (Å²) in [5.41, 5.74) is 1.07. The molecular formula is C57H68F4N12O8S. The smallest absolute Gasteiger partial charge is 0.391 e. The van der Waals surface area contributed by atoms with Gasteiger partial charge < -0.3 is 51.0 Å². The number of likely N-dealkylation sites (N-methyl/N-ethyl adjacent to an activating group) is 1. The van der Waals surface area contributed by atoms with Crippen LogP contribution in [-0.4, -0.2) is 160 Å². The summed E-state index contributed by atoms with van der Waals surface area (Å²) in [5.74, 6) is -3.83. The van der Waals surface area contributed by atoms with Gasteiger partial charge in [-0.3, -0.25) is 38.5 Å². The Hall–Kier alpha value is -7.77. The minimum atomic E-state index is -5.02. The Morgan fingerprint density at radius 3 is 2.16 bits per heavy atom. The number of aromatic amines is 1. The van der Waals surface area contributed by atoms with Crippen molar-refractivity contribution in [3.63, 3.8) is 0 Å². The highest BCUT2D eigenvalue weighted by atomic mass is 32.1. The minimum Gasteiger partial charge on any atom is -0.391 e. The highest BCUT2D eigenvalue weighted by Crippen LogP contribution is 2.38. The molecule has 3 saturated heterocycles. The summed E-state index contributed by atoms with van der Waals surface area (Å²) in [7, 11) is 1.95. The molecule has 5 aromatic rings. The number of hydrogen-bond acceptors (Lipinski definition) is 14. The van der Waals surface area contributed by atoms with Crippen molar-refractivity contribution in [1.82, 2.24) is 45.6 Å². The fraction of sp³-hybridized carbons (Fsp3) is 0.456. The Balaban J connectivity index is 0.819. The van der Waals surface area contributed by atoms with Gasteiger partial charge in [-0.2, -0.15) is 13.2 Å². The number of nitrogens with one attached hydrogen (secondary N) is 5. The van der Waals surface area contributed by atoms with Crippen molar-refractivity contribution in [3.05, 3.63) is 111 Å². The summed E-state index contributed by atoms with van der Waals surface area (Å²) in [6.45, 7) is 12.9. The Labute approximate surface area is 475 Å². The van der Waals surface area contributed by atoms with E-state index >= 15 is 4.39 Å². The number of aliphatic hydroxyl groups excluding tert-OH is 1. The lowest BCUT2D eigenvalue weighted by Gasteiger charge is -2.44. The van der Waals surface area contributed by atoms with E-state index in [0.29, 0.717) is 62.9 Å². The van der Waals surface area contributed by atoms with Crippen LogP contribution in [0, 0.1) is 18.2 Å². The second kappa shape index (κ2) is 25.2. The number of likely N-dealkylation sites (tertiary alicyclic amines) is 1. The van der Waals surface area contributed by atoms with Crippen molar-refractivity contribution < 1.29 is 51.4 Å². The summed E-state index contributed by atoms with van der Waals surface area (Å²) < 4.78 is 58.2. The van der Waals surface area contributed by atoms with Gasteiger partial charge in [-0.1, -0.05) is 45.0 Å². The van der Waals surface area contributed by atoms with Gasteiger partial charge in [-0.05, 0) is 68.6 Å². The van der Waals surface area contributed by atoms with Crippen LogP contribution in [0.2, 0.25) is 0 Å². The molecule has 6 N–H and O–H groups in total. The molecule has 82 heavy (non-hydrogen) atoms. The molecule has 5 atom stereocenters. The molecule has 438 valence electrons. The number of carbonyl (C=O) groups excluding carboxylic acids is 6. The zero-order valence-corrected chi connectivity index (χ0v) is 47.5. The second-order valence-corrected chi connectivity index (χ2v) is 23.0. The number of β-amino-alcohol motifs (C(OH)–C–C–N with tert-alkyl or cyclic N) is 1. The summed E-state index contributed by atoms with van der Waals surface area (Å²) in [4.78, 5) is 113. The lowest BCUT2D eigenvalue weighted by Crippen LogP contribution is -2.58. The molecule has 0 bridgehead atoms. The SMILES string of the molecule is Cc1ncsc1-c1ccc(CNC(=O)[C@@H]2C[C@@H](O)CN2C(=O)C(NC(=O)CNC(=O)CCC(=O)N2CCN(c3ccc(-c4cc(NC(=O)c5c[nH]c(=O)cc5C(F)(F)F)c(N5C[C@@H](C)N(C)[C@@H](C)C5)cc4F)cn3)CC2)C(C)(C)C)cc1. The van der Waals surface area contributed by atoms with E-state index in [9.17, 15) is 51.8 Å². The van der Waals surface area contributed by atoms with Crippen LogP contribution in [-0.2, 0) is 36.7 Å².